The summed E-state index contributed by atoms with van der Waals surface area (Å²) < 4.78 is 0.926. The monoisotopic (exact) mass is 329 g/mol. The topological polar surface area (TPSA) is 57.8 Å². The largest absolute Gasteiger partial charge is 0.322 e. The van der Waals surface area contributed by atoms with Gasteiger partial charge >= 0.3 is 0 Å². The molecule has 0 radical (unpaired) electrons. The minimum Gasteiger partial charge on any atom is -0.322 e. The molecule has 0 fully saturated rings. The highest BCUT2D eigenvalue weighted by Gasteiger charge is 2.11. The molecule has 1 aromatic heterocycles. The number of nitrogens with zero attached hydrogens (tertiary/aromatic N) is 1. The maximum atomic E-state index is 12.3. The van der Waals surface area contributed by atoms with Crippen LogP contribution < -0.4 is 5.32 Å². The molecule has 0 unspecified atom stereocenters. The normalized spacial score (nSPS) is 10.7. The summed E-state index contributed by atoms with van der Waals surface area (Å²) in [6.45, 7) is 1.91. The zero-order valence-electron chi connectivity index (χ0n) is 10.8. The highest BCUT2D eigenvalue weighted by molar-refractivity contribution is 9.10. The first-order chi connectivity index (χ1) is 9.65. The van der Waals surface area contributed by atoms with Crippen molar-refractivity contribution in [1.29, 1.82) is 0 Å². The summed E-state index contributed by atoms with van der Waals surface area (Å²) >= 11 is 3.43. The van der Waals surface area contributed by atoms with E-state index in [0.29, 0.717) is 5.56 Å². The van der Waals surface area contributed by atoms with Crippen LogP contribution in [0.3, 0.4) is 0 Å². The molecule has 1 heterocycles. The molecule has 0 aliphatic carbocycles. The molecule has 4 nitrogen and oxygen atoms in total. The number of anilines is 1. The number of carbonyl (C=O) groups is 1. The first-order valence-electron chi connectivity index (χ1n) is 6.15. The predicted octanol–water partition coefficient (Wildman–Crippen LogP) is 3.89. The third kappa shape index (κ3) is 2.32. The van der Waals surface area contributed by atoms with Crippen LogP contribution in [0.2, 0.25) is 0 Å². The number of nitrogens with one attached hydrogen (secondary N) is 2. The van der Waals surface area contributed by atoms with Crippen molar-refractivity contribution in [2.75, 3.05) is 5.32 Å². The van der Waals surface area contributed by atoms with Crippen LogP contribution in [0.4, 0.5) is 5.69 Å². The Bertz CT molecular complexity index is 795. The molecule has 0 spiro atoms. The van der Waals surface area contributed by atoms with E-state index in [1.54, 1.807) is 6.20 Å². The Morgan fingerprint density at radius 1 is 1.30 bits per heavy atom. The minimum absolute atomic E-state index is 0.119. The van der Waals surface area contributed by atoms with E-state index in [1.165, 1.54) is 0 Å². The highest BCUT2D eigenvalue weighted by Crippen LogP contribution is 2.21. The average Bonchev–Trinajstić information content (AvgIpc) is 2.89. The molecule has 3 aromatic rings. The Balaban J connectivity index is 1.90. The standard InChI is InChI=1S/C15H12BrN3O/c1-9-12(3-2-4-13(9)16)15(20)18-11-5-6-14-10(7-11)8-17-19-14/h2-8H,1H3,(H,17,19)(H,18,20). The van der Waals surface area contributed by atoms with Crippen molar-refractivity contribution >= 4 is 38.4 Å². The Morgan fingerprint density at radius 3 is 3.00 bits per heavy atom. The predicted molar refractivity (Wildman–Crippen MR) is 82.9 cm³/mol. The summed E-state index contributed by atoms with van der Waals surface area (Å²) in [5, 5.41) is 10.7. The number of benzene rings is 2. The number of H-pyrrole nitrogens is 1. The van der Waals surface area contributed by atoms with E-state index >= 15 is 0 Å². The zero-order valence-corrected chi connectivity index (χ0v) is 12.4. The van der Waals surface area contributed by atoms with Crippen LogP contribution in [0.15, 0.2) is 47.1 Å². The van der Waals surface area contributed by atoms with Crippen LogP contribution in [0.1, 0.15) is 15.9 Å². The summed E-state index contributed by atoms with van der Waals surface area (Å²) in [6.07, 6.45) is 1.73. The van der Waals surface area contributed by atoms with Crippen molar-refractivity contribution in [1.82, 2.24) is 10.2 Å². The first-order valence-corrected chi connectivity index (χ1v) is 6.94. The Kier molecular flexibility index (Phi) is 3.28. The second kappa shape index (κ2) is 5.09. The lowest BCUT2D eigenvalue weighted by molar-refractivity contribution is 0.102. The van der Waals surface area contributed by atoms with Crippen molar-refractivity contribution in [3.8, 4) is 0 Å². The number of rotatable bonds is 2. The number of aromatic amines is 1. The molecule has 0 aliphatic rings. The number of amides is 1. The molecule has 0 bridgehead atoms. The van der Waals surface area contributed by atoms with Crippen LogP contribution in [-0.2, 0) is 0 Å². The Labute approximate surface area is 124 Å². The van der Waals surface area contributed by atoms with Gasteiger partial charge < -0.3 is 5.32 Å². The number of carbonyl (C=O) groups excluding carboxylic acids is 1. The maximum Gasteiger partial charge on any atom is 0.255 e. The molecule has 3 rings (SSSR count). The van der Waals surface area contributed by atoms with E-state index in [9.17, 15) is 4.79 Å². The van der Waals surface area contributed by atoms with E-state index in [-0.39, 0.29) is 5.91 Å². The second-order valence-corrected chi connectivity index (χ2v) is 5.39. The molecular formula is C15H12BrN3O. The van der Waals surface area contributed by atoms with Crippen molar-refractivity contribution in [2.45, 2.75) is 6.92 Å². The smallest absolute Gasteiger partial charge is 0.255 e. The maximum absolute atomic E-state index is 12.3. The van der Waals surface area contributed by atoms with Crippen molar-refractivity contribution in [2.24, 2.45) is 0 Å². The highest BCUT2D eigenvalue weighted by atomic mass is 79.9. The molecule has 2 aromatic carbocycles. The fourth-order valence-corrected chi connectivity index (χ4v) is 2.44. The van der Waals surface area contributed by atoms with Crippen LogP contribution >= 0.6 is 15.9 Å². The third-order valence-electron chi connectivity index (χ3n) is 3.21. The van der Waals surface area contributed by atoms with E-state index in [4.69, 9.17) is 0 Å². The minimum atomic E-state index is -0.119. The molecule has 0 saturated heterocycles. The van der Waals surface area contributed by atoms with E-state index in [0.717, 1.165) is 26.6 Å². The SMILES string of the molecule is Cc1c(Br)cccc1C(=O)Nc1ccc2[nH]ncc2c1. The summed E-state index contributed by atoms with van der Waals surface area (Å²) in [5.74, 6) is -0.119. The number of fused-ring (bicyclic) bond motifs is 1. The van der Waals surface area contributed by atoms with Gasteiger partial charge in [-0.25, -0.2) is 0 Å². The molecule has 2 N–H and O–H groups in total. The fraction of sp³-hybridized carbons (Fsp3) is 0.0667. The molecule has 0 aliphatic heterocycles. The molecule has 1 amide bonds. The van der Waals surface area contributed by atoms with E-state index < -0.39 is 0 Å². The quantitative estimate of drug-likeness (QED) is 0.749. The van der Waals surface area contributed by atoms with E-state index in [1.807, 2.05) is 43.3 Å². The van der Waals surface area contributed by atoms with Gasteiger partial charge in [-0.3, -0.25) is 9.89 Å². The van der Waals surface area contributed by atoms with Gasteiger partial charge in [0.25, 0.3) is 5.91 Å². The van der Waals surface area contributed by atoms with Crippen LogP contribution in [0.25, 0.3) is 10.9 Å². The fourth-order valence-electron chi connectivity index (χ4n) is 2.07. The van der Waals surface area contributed by atoms with Gasteiger partial charge in [0.2, 0.25) is 0 Å². The Hall–Kier alpha value is -2.14. The van der Waals surface area contributed by atoms with Gasteiger partial charge in [0.15, 0.2) is 0 Å². The summed E-state index contributed by atoms with van der Waals surface area (Å²) in [5.41, 5.74) is 3.28. The van der Waals surface area contributed by atoms with Crippen LogP contribution in [0.5, 0.6) is 0 Å². The molecule has 0 saturated carbocycles. The number of hydrogen-bond acceptors (Lipinski definition) is 2. The lowest BCUT2D eigenvalue weighted by Gasteiger charge is -2.09. The van der Waals surface area contributed by atoms with Crippen molar-refractivity contribution < 1.29 is 4.79 Å². The lowest BCUT2D eigenvalue weighted by atomic mass is 10.1. The third-order valence-corrected chi connectivity index (χ3v) is 4.07. The van der Waals surface area contributed by atoms with Crippen molar-refractivity contribution in [3.63, 3.8) is 0 Å². The molecule has 0 atom stereocenters. The zero-order chi connectivity index (χ0) is 14.1. The van der Waals surface area contributed by atoms with Gasteiger partial charge in [-0.2, -0.15) is 5.10 Å². The number of hydrogen-bond donors (Lipinski definition) is 2. The Morgan fingerprint density at radius 2 is 2.15 bits per heavy atom. The van der Waals surface area contributed by atoms with Crippen molar-refractivity contribution in [3.05, 3.63) is 58.2 Å². The first kappa shape index (κ1) is 12.9. The van der Waals surface area contributed by atoms with Gasteiger partial charge in [-0.1, -0.05) is 22.0 Å². The van der Waals surface area contributed by atoms with Gasteiger partial charge in [0.1, 0.15) is 0 Å². The van der Waals surface area contributed by atoms with E-state index in [2.05, 4.69) is 31.4 Å². The summed E-state index contributed by atoms with van der Waals surface area (Å²) in [7, 11) is 0. The van der Waals surface area contributed by atoms with Crippen LogP contribution in [-0.4, -0.2) is 16.1 Å². The number of halogens is 1. The lowest BCUT2D eigenvalue weighted by Crippen LogP contribution is -2.13. The number of aromatic nitrogens is 2. The molecular weight excluding hydrogens is 318 g/mol. The summed E-state index contributed by atoms with van der Waals surface area (Å²) in [6, 6.07) is 11.2. The van der Waals surface area contributed by atoms with Gasteiger partial charge in [0, 0.05) is 21.1 Å². The summed E-state index contributed by atoms with van der Waals surface area (Å²) in [4.78, 5) is 12.3. The van der Waals surface area contributed by atoms with Gasteiger partial charge in [-0.05, 0) is 42.8 Å². The van der Waals surface area contributed by atoms with Gasteiger partial charge in [-0.15, -0.1) is 0 Å². The second-order valence-electron chi connectivity index (χ2n) is 4.54. The van der Waals surface area contributed by atoms with Crippen LogP contribution in [0, 0.1) is 6.92 Å². The molecule has 5 heteroatoms. The van der Waals surface area contributed by atoms with Gasteiger partial charge in [0.05, 0.1) is 11.7 Å². The molecule has 100 valence electrons. The average molecular weight is 330 g/mol. The molecule has 20 heavy (non-hydrogen) atoms.